The van der Waals surface area contributed by atoms with Crippen molar-refractivity contribution in [3.05, 3.63) is 18.1 Å². The van der Waals surface area contributed by atoms with Gasteiger partial charge in [0.25, 0.3) is 0 Å². The van der Waals surface area contributed by atoms with Crippen LogP contribution in [0.4, 0.5) is 5.82 Å². The molecule has 0 spiro atoms. The maximum atomic E-state index is 12.3. The van der Waals surface area contributed by atoms with Crippen molar-refractivity contribution in [3.8, 4) is 6.07 Å². The summed E-state index contributed by atoms with van der Waals surface area (Å²) < 4.78 is 0. The largest absolute Gasteiger partial charge is 0.355 e. The van der Waals surface area contributed by atoms with Crippen LogP contribution >= 0.6 is 0 Å². The summed E-state index contributed by atoms with van der Waals surface area (Å²) >= 11 is 0. The number of rotatable bonds is 3. The van der Waals surface area contributed by atoms with Crippen LogP contribution in [0.3, 0.4) is 0 Å². The lowest BCUT2D eigenvalue weighted by molar-refractivity contribution is -0.126. The molecule has 6 heteroatoms. The average molecular weight is 313 g/mol. The molecule has 1 N–H and O–H groups in total. The first kappa shape index (κ1) is 15.7. The van der Waals surface area contributed by atoms with E-state index in [0.29, 0.717) is 5.69 Å². The standard InChI is InChI=1S/C17H23N5O/c18-10-15-11-20-16(12-19-15)22-8-6-14(7-9-22)21-17(23)13-4-2-1-3-5-13/h11-14H,1-9H2,(H,21,23). The minimum Gasteiger partial charge on any atom is -0.355 e. The van der Waals surface area contributed by atoms with Gasteiger partial charge in [0, 0.05) is 25.0 Å². The van der Waals surface area contributed by atoms with E-state index < -0.39 is 0 Å². The van der Waals surface area contributed by atoms with Crippen molar-refractivity contribution in [2.24, 2.45) is 5.92 Å². The molecule has 0 radical (unpaired) electrons. The molecule has 1 aliphatic carbocycles. The van der Waals surface area contributed by atoms with Gasteiger partial charge in [-0.25, -0.2) is 9.97 Å². The summed E-state index contributed by atoms with van der Waals surface area (Å²) in [6.07, 6.45) is 10.8. The highest BCUT2D eigenvalue weighted by Gasteiger charge is 2.26. The van der Waals surface area contributed by atoms with Crippen molar-refractivity contribution in [2.45, 2.75) is 51.0 Å². The van der Waals surface area contributed by atoms with E-state index in [9.17, 15) is 4.79 Å². The fraction of sp³-hybridized carbons (Fsp3) is 0.647. The van der Waals surface area contributed by atoms with Crippen LogP contribution in [0.5, 0.6) is 0 Å². The molecule has 1 amide bonds. The Bertz CT molecular complexity index is 566. The molecule has 2 fully saturated rings. The highest BCUT2D eigenvalue weighted by molar-refractivity contribution is 5.79. The maximum Gasteiger partial charge on any atom is 0.223 e. The van der Waals surface area contributed by atoms with Gasteiger partial charge < -0.3 is 10.2 Å². The smallest absolute Gasteiger partial charge is 0.223 e. The Hall–Kier alpha value is -2.16. The molecule has 1 saturated heterocycles. The van der Waals surface area contributed by atoms with Gasteiger partial charge in [-0.15, -0.1) is 0 Å². The van der Waals surface area contributed by atoms with E-state index >= 15 is 0 Å². The second kappa shape index (κ2) is 7.40. The number of carbonyl (C=O) groups excluding carboxylic acids is 1. The van der Waals surface area contributed by atoms with Gasteiger partial charge in [-0.3, -0.25) is 4.79 Å². The van der Waals surface area contributed by atoms with Crippen LogP contribution in [0.15, 0.2) is 12.4 Å². The zero-order valence-electron chi connectivity index (χ0n) is 13.4. The molecular weight excluding hydrogens is 290 g/mol. The number of anilines is 1. The molecular formula is C17H23N5O. The van der Waals surface area contributed by atoms with Crippen LogP contribution in [-0.2, 0) is 4.79 Å². The third kappa shape index (κ3) is 3.98. The van der Waals surface area contributed by atoms with Crippen molar-refractivity contribution in [1.82, 2.24) is 15.3 Å². The molecule has 0 unspecified atom stereocenters. The third-order valence-electron chi connectivity index (χ3n) is 4.89. The molecule has 0 bridgehead atoms. The first-order valence-corrected chi connectivity index (χ1v) is 8.54. The van der Waals surface area contributed by atoms with Gasteiger partial charge in [0.1, 0.15) is 11.9 Å². The molecule has 1 saturated carbocycles. The van der Waals surface area contributed by atoms with Crippen LogP contribution in [0.2, 0.25) is 0 Å². The molecule has 1 aliphatic heterocycles. The summed E-state index contributed by atoms with van der Waals surface area (Å²) in [5.74, 6) is 1.29. The molecule has 1 aromatic heterocycles. The molecule has 0 atom stereocenters. The van der Waals surface area contributed by atoms with Gasteiger partial charge in [-0.05, 0) is 25.7 Å². The lowest BCUT2D eigenvalue weighted by atomic mass is 9.88. The zero-order chi connectivity index (χ0) is 16.1. The Balaban J connectivity index is 1.48. The summed E-state index contributed by atoms with van der Waals surface area (Å²) in [4.78, 5) is 22.8. The molecule has 122 valence electrons. The lowest BCUT2D eigenvalue weighted by Gasteiger charge is -2.34. The summed E-state index contributed by atoms with van der Waals surface area (Å²) in [5.41, 5.74) is 0.336. The van der Waals surface area contributed by atoms with E-state index in [4.69, 9.17) is 5.26 Å². The highest BCUT2D eigenvalue weighted by atomic mass is 16.1. The minimum atomic E-state index is 0.228. The number of nitrogens with zero attached hydrogens (tertiary/aromatic N) is 4. The van der Waals surface area contributed by atoms with E-state index in [1.807, 2.05) is 6.07 Å². The Morgan fingerprint density at radius 2 is 1.87 bits per heavy atom. The SMILES string of the molecule is N#Cc1cnc(N2CCC(NC(=O)C3CCCCC3)CC2)cn1. The van der Waals surface area contributed by atoms with Gasteiger partial charge in [-0.2, -0.15) is 5.26 Å². The van der Waals surface area contributed by atoms with E-state index in [0.717, 1.165) is 44.6 Å². The maximum absolute atomic E-state index is 12.3. The molecule has 0 aromatic carbocycles. The predicted molar refractivity (Wildman–Crippen MR) is 86.7 cm³/mol. The van der Waals surface area contributed by atoms with E-state index in [1.165, 1.54) is 25.5 Å². The van der Waals surface area contributed by atoms with Crippen molar-refractivity contribution < 1.29 is 4.79 Å². The normalized spacial score (nSPS) is 20.0. The van der Waals surface area contributed by atoms with Gasteiger partial charge in [0.05, 0.1) is 12.4 Å². The summed E-state index contributed by atoms with van der Waals surface area (Å²) in [6.45, 7) is 1.71. The van der Waals surface area contributed by atoms with Crippen molar-refractivity contribution in [2.75, 3.05) is 18.0 Å². The lowest BCUT2D eigenvalue weighted by Crippen LogP contribution is -2.46. The van der Waals surface area contributed by atoms with Crippen LogP contribution < -0.4 is 10.2 Å². The van der Waals surface area contributed by atoms with E-state index in [2.05, 4.69) is 20.2 Å². The molecule has 2 aliphatic rings. The molecule has 6 nitrogen and oxygen atoms in total. The third-order valence-corrected chi connectivity index (χ3v) is 4.89. The van der Waals surface area contributed by atoms with Crippen molar-refractivity contribution in [1.29, 1.82) is 5.26 Å². The first-order chi connectivity index (χ1) is 11.3. The number of carbonyl (C=O) groups is 1. The Morgan fingerprint density at radius 3 is 2.48 bits per heavy atom. The fourth-order valence-electron chi connectivity index (χ4n) is 3.48. The summed E-state index contributed by atoms with van der Waals surface area (Å²) in [5, 5.41) is 12.0. The molecule has 23 heavy (non-hydrogen) atoms. The Morgan fingerprint density at radius 1 is 1.13 bits per heavy atom. The van der Waals surface area contributed by atoms with Crippen LogP contribution in [-0.4, -0.2) is 35.0 Å². The number of hydrogen-bond donors (Lipinski definition) is 1. The van der Waals surface area contributed by atoms with Crippen molar-refractivity contribution in [3.63, 3.8) is 0 Å². The Labute approximate surface area is 136 Å². The van der Waals surface area contributed by atoms with E-state index in [-0.39, 0.29) is 17.9 Å². The second-order valence-electron chi connectivity index (χ2n) is 6.48. The van der Waals surface area contributed by atoms with E-state index in [1.54, 1.807) is 6.20 Å². The number of piperidine rings is 1. The molecule has 3 rings (SSSR count). The number of hydrogen-bond acceptors (Lipinski definition) is 5. The fourth-order valence-corrected chi connectivity index (χ4v) is 3.48. The number of aromatic nitrogens is 2. The monoisotopic (exact) mass is 313 g/mol. The van der Waals surface area contributed by atoms with Crippen LogP contribution in [0.1, 0.15) is 50.6 Å². The summed E-state index contributed by atoms with van der Waals surface area (Å²) in [6, 6.07) is 2.25. The second-order valence-corrected chi connectivity index (χ2v) is 6.48. The predicted octanol–water partition coefficient (Wildman–Crippen LogP) is 2.01. The number of amides is 1. The quantitative estimate of drug-likeness (QED) is 0.923. The Kier molecular flexibility index (Phi) is 5.06. The number of nitrogens with one attached hydrogen (secondary N) is 1. The van der Waals surface area contributed by atoms with Crippen molar-refractivity contribution >= 4 is 11.7 Å². The highest BCUT2D eigenvalue weighted by Crippen LogP contribution is 2.24. The van der Waals surface area contributed by atoms with Gasteiger partial charge in [0.2, 0.25) is 5.91 Å². The topological polar surface area (TPSA) is 81.9 Å². The first-order valence-electron chi connectivity index (χ1n) is 8.54. The average Bonchev–Trinajstić information content (AvgIpc) is 2.63. The summed E-state index contributed by atoms with van der Waals surface area (Å²) in [7, 11) is 0. The molecule has 1 aromatic rings. The van der Waals surface area contributed by atoms with Crippen LogP contribution in [0, 0.1) is 17.2 Å². The molecule has 2 heterocycles. The van der Waals surface area contributed by atoms with Crippen LogP contribution in [0.25, 0.3) is 0 Å². The van der Waals surface area contributed by atoms with Gasteiger partial charge >= 0.3 is 0 Å². The number of nitriles is 1. The van der Waals surface area contributed by atoms with Gasteiger partial charge in [-0.1, -0.05) is 19.3 Å². The van der Waals surface area contributed by atoms with Gasteiger partial charge in [0.15, 0.2) is 5.69 Å². The zero-order valence-corrected chi connectivity index (χ0v) is 13.4. The minimum absolute atomic E-state index is 0.228.